The van der Waals surface area contributed by atoms with Crippen molar-refractivity contribution >= 4 is 5.91 Å². The lowest BCUT2D eigenvalue weighted by molar-refractivity contribution is -0.123. The van der Waals surface area contributed by atoms with Crippen molar-refractivity contribution < 1.29 is 4.79 Å². The minimum atomic E-state index is 0.0200. The SMILES string of the molecule is CN(Cc1cn(C)nc1C1CCCC1)C1CCNC1=O. The van der Waals surface area contributed by atoms with Crippen molar-refractivity contribution in [3.05, 3.63) is 17.5 Å². The number of amides is 1. The molecule has 0 aromatic carbocycles. The molecule has 1 N–H and O–H groups in total. The standard InChI is InChI=1S/C15H24N4O/c1-18(13-7-8-16-15(13)20)9-12-10-19(2)17-14(12)11-5-3-4-6-11/h10-11,13H,3-9H2,1-2H3,(H,16,20). The number of aryl methyl sites for hydroxylation is 1. The Kier molecular flexibility index (Phi) is 3.78. The Hall–Kier alpha value is -1.36. The maximum Gasteiger partial charge on any atom is 0.237 e. The fraction of sp³-hybridized carbons (Fsp3) is 0.733. The molecule has 1 unspecified atom stereocenters. The first-order valence-electron chi connectivity index (χ1n) is 7.65. The Morgan fingerprint density at radius 2 is 2.15 bits per heavy atom. The minimum Gasteiger partial charge on any atom is -0.355 e. The van der Waals surface area contributed by atoms with Gasteiger partial charge in [-0.25, -0.2) is 0 Å². The zero-order chi connectivity index (χ0) is 14.1. The van der Waals surface area contributed by atoms with Crippen molar-refractivity contribution in [2.45, 2.75) is 50.6 Å². The molecular weight excluding hydrogens is 252 g/mol. The zero-order valence-electron chi connectivity index (χ0n) is 12.4. The highest BCUT2D eigenvalue weighted by Gasteiger charge is 2.29. The second kappa shape index (κ2) is 5.56. The van der Waals surface area contributed by atoms with Crippen molar-refractivity contribution in [2.24, 2.45) is 7.05 Å². The predicted octanol–water partition coefficient (Wildman–Crippen LogP) is 1.40. The molecule has 0 bridgehead atoms. The van der Waals surface area contributed by atoms with Gasteiger partial charge >= 0.3 is 0 Å². The molecule has 2 aliphatic rings. The molecule has 1 aromatic rings. The number of carbonyl (C=O) groups is 1. The topological polar surface area (TPSA) is 50.2 Å². The van der Waals surface area contributed by atoms with E-state index in [9.17, 15) is 4.79 Å². The van der Waals surface area contributed by atoms with Crippen LogP contribution < -0.4 is 5.32 Å². The lowest BCUT2D eigenvalue weighted by Crippen LogP contribution is -2.37. The number of rotatable bonds is 4. The van der Waals surface area contributed by atoms with E-state index in [2.05, 4.69) is 21.5 Å². The van der Waals surface area contributed by atoms with Gasteiger partial charge in [-0.05, 0) is 26.3 Å². The molecule has 3 rings (SSSR count). The summed E-state index contributed by atoms with van der Waals surface area (Å²) in [6.45, 7) is 1.62. The normalized spacial score (nSPS) is 23.8. The highest BCUT2D eigenvalue weighted by atomic mass is 16.2. The second-order valence-electron chi connectivity index (χ2n) is 6.21. The van der Waals surface area contributed by atoms with E-state index in [1.165, 1.54) is 36.9 Å². The average Bonchev–Trinajstić information content (AvgIpc) is 3.09. The van der Waals surface area contributed by atoms with Crippen LogP contribution >= 0.6 is 0 Å². The molecule has 1 saturated carbocycles. The van der Waals surface area contributed by atoms with Crippen molar-refractivity contribution in [1.29, 1.82) is 0 Å². The molecule has 5 nitrogen and oxygen atoms in total. The summed E-state index contributed by atoms with van der Waals surface area (Å²) < 4.78 is 1.92. The van der Waals surface area contributed by atoms with E-state index in [1.807, 2.05) is 18.8 Å². The summed E-state index contributed by atoms with van der Waals surface area (Å²) in [7, 11) is 4.03. The minimum absolute atomic E-state index is 0.0200. The van der Waals surface area contributed by atoms with Gasteiger partial charge in [-0.1, -0.05) is 12.8 Å². The maximum atomic E-state index is 11.8. The largest absolute Gasteiger partial charge is 0.355 e. The molecule has 2 fully saturated rings. The molecule has 1 aliphatic heterocycles. The van der Waals surface area contributed by atoms with Crippen LogP contribution in [-0.2, 0) is 18.4 Å². The van der Waals surface area contributed by atoms with Gasteiger partial charge in [-0.15, -0.1) is 0 Å². The van der Waals surface area contributed by atoms with E-state index in [-0.39, 0.29) is 11.9 Å². The number of likely N-dealkylation sites (N-methyl/N-ethyl adjacent to an activating group) is 1. The molecule has 5 heteroatoms. The molecule has 1 amide bonds. The summed E-state index contributed by atoms with van der Waals surface area (Å²) in [5.74, 6) is 0.788. The summed E-state index contributed by atoms with van der Waals surface area (Å²) in [5, 5.41) is 7.59. The monoisotopic (exact) mass is 276 g/mol. The van der Waals surface area contributed by atoms with Crippen molar-refractivity contribution in [3.63, 3.8) is 0 Å². The Balaban J connectivity index is 1.74. The van der Waals surface area contributed by atoms with Gasteiger partial charge in [0.2, 0.25) is 5.91 Å². The third-order valence-electron chi connectivity index (χ3n) is 4.65. The first kappa shape index (κ1) is 13.6. The van der Waals surface area contributed by atoms with E-state index < -0.39 is 0 Å². The van der Waals surface area contributed by atoms with Crippen LogP contribution in [0.2, 0.25) is 0 Å². The van der Waals surface area contributed by atoms with Crippen LogP contribution in [0.4, 0.5) is 0 Å². The first-order chi connectivity index (χ1) is 9.65. The molecule has 20 heavy (non-hydrogen) atoms. The van der Waals surface area contributed by atoms with Gasteiger partial charge < -0.3 is 5.32 Å². The van der Waals surface area contributed by atoms with Gasteiger partial charge in [0, 0.05) is 37.8 Å². The number of nitrogens with zero attached hydrogens (tertiary/aromatic N) is 3. The maximum absolute atomic E-state index is 11.8. The summed E-state index contributed by atoms with van der Waals surface area (Å²) in [6, 6.07) is 0.0200. The van der Waals surface area contributed by atoms with Crippen LogP contribution in [0.25, 0.3) is 0 Å². The number of hydrogen-bond donors (Lipinski definition) is 1. The number of aromatic nitrogens is 2. The highest BCUT2D eigenvalue weighted by molar-refractivity contribution is 5.83. The lowest BCUT2D eigenvalue weighted by Gasteiger charge is -2.22. The summed E-state index contributed by atoms with van der Waals surface area (Å²) >= 11 is 0. The van der Waals surface area contributed by atoms with E-state index in [0.29, 0.717) is 5.92 Å². The van der Waals surface area contributed by atoms with Crippen molar-refractivity contribution in [2.75, 3.05) is 13.6 Å². The molecular formula is C15H24N4O. The third kappa shape index (κ3) is 2.59. The molecule has 2 heterocycles. The Morgan fingerprint density at radius 1 is 1.40 bits per heavy atom. The smallest absolute Gasteiger partial charge is 0.237 e. The van der Waals surface area contributed by atoms with Crippen molar-refractivity contribution in [3.8, 4) is 0 Å². The molecule has 1 aromatic heterocycles. The van der Waals surface area contributed by atoms with E-state index in [0.717, 1.165) is 19.5 Å². The predicted molar refractivity (Wildman–Crippen MR) is 77.3 cm³/mol. The van der Waals surface area contributed by atoms with E-state index in [4.69, 9.17) is 0 Å². The van der Waals surface area contributed by atoms with Crippen LogP contribution in [0, 0.1) is 0 Å². The molecule has 0 spiro atoms. The Morgan fingerprint density at radius 3 is 2.80 bits per heavy atom. The second-order valence-corrected chi connectivity index (χ2v) is 6.21. The molecule has 1 saturated heterocycles. The van der Waals surface area contributed by atoms with Gasteiger partial charge in [-0.3, -0.25) is 14.4 Å². The van der Waals surface area contributed by atoms with Gasteiger partial charge in [0.1, 0.15) is 0 Å². The number of nitrogens with one attached hydrogen (secondary N) is 1. The van der Waals surface area contributed by atoms with Crippen LogP contribution in [0.5, 0.6) is 0 Å². The van der Waals surface area contributed by atoms with E-state index in [1.54, 1.807) is 0 Å². The van der Waals surface area contributed by atoms with Crippen LogP contribution in [0.1, 0.15) is 49.3 Å². The summed E-state index contributed by atoms with van der Waals surface area (Å²) in [5.41, 5.74) is 2.55. The zero-order valence-corrected chi connectivity index (χ0v) is 12.4. The fourth-order valence-electron chi connectivity index (χ4n) is 3.60. The summed E-state index contributed by atoms with van der Waals surface area (Å²) in [4.78, 5) is 13.9. The molecule has 1 atom stereocenters. The lowest BCUT2D eigenvalue weighted by atomic mass is 10.00. The van der Waals surface area contributed by atoms with Crippen LogP contribution in [0.15, 0.2) is 6.20 Å². The quantitative estimate of drug-likeness (QED) is 0.904. The fourth-order valence-corrected chi connectivity index (χ4v) is 3.60. The van der Waals surface area contributed by atoms with Crippen molar-refractivity contribution in [1.82, 2.24) is 20.0 Å². The van der Waals surface area contributed by atoms with E-state index >= 15 is 0 Å². The Labute approximate surface area is 120 Å². The number of hydrogen-bond acceptors (Lipinski definition) is 3. The molecule has 110 valence electrons. The van der Waals surface area contributed by atoms with Crippen LogP contribution in [0.3, 0.4) is 0 Å². The Bertz CT molecular complexity index is 490. The van der Waals surface area contributed by atoms with Gasteiger partial charge in [0.15, 0.2) is 0 Å². The van der Waals surface area contributed by atoms with Gasteiger partial charge in [0.25, 0.3) is 0 Å². The molecule has 1 aliphatic carbocycles. The van der Waals surface area contributed by atoms with Crippen LogP contribution in [-0.4, -0.2) is 40.2 Å². The number of carbonyl (C=O) groups excluding carboxylic acids is 1. The van der Waals surface area contributed by atoms with Gasteiger partial charge in [-0.2, -0.15) is 5.10 Å². The first-order valence-corrected chi connectivity index (χ1v) is 7.65. The summed E-state index contributed by atoms with van der Waals surface area (Å²) in [6.07, 6.45) is 8.20. The average molecular weight is 276 g/mol. The molecule has 0 radical (unpaired) electrons. The highest BCUT2D eigenvalue weighted by Crippen LogP contribution is 2.35. The van der Waals surface area contributed by atoms with Gasteiger partial charge in [0.05, 0.1) is 11.7 Å². The third-order valence-corrected chi connectivity index (χ3v) is 4.65.